The van der Waals surface area contributed by atoms with Crippen LogP contribution in [0.3, 0.4) is 0 Å². The first-order valence-corrected chi connectivity index (χ1v) is 5.08. The van der Waals surface area contributed by atoms with Gasteiger partial charge in [0.2, 0.25) is 5.91 Å². The standard InChI is InChI=1S/C10H13BrN2O/c1-7-3-4-9(8(11)5-7)13(2)10(14)6-12/h3-5H,6,12H2,1-2H3. The molecule has 76 valence electrons. The molecule has 0 aromatic heterocycles. The highest BCUT2D eigenvalue weighted by Crippen LogP contribution is 2.26. The van der Waals surface area contributed by atoms with Gasteiger partial charge in [-0.1, -0.05) is 6.07 Å². The van der Waals surface area contributed by atoms with Crippen LogP contribution in [0.4, 0.5) is 5.69 Å². The van der Waals surface area contributed by atoms with Crippen LogP contribution in [0.15, 0.2) is 22.7 Å². The van der Waals surface area contributed by atoms with Crippen LogP contribution in [0.25, 0.3) is 0 Å². The molecular weight excluding hydrogens is 244 g/mol. The first kappa shape index (κ1) is 11.2. The minimum absolute atomic E-state index is 0.0246. The van der Waals surface area contributed by atoms with Crippen LogP contribution in [0.1, 0.15) is 5.56 Å². The Morgan fingerprint density at radius 2 is 2.21 bits per heavy atom. The summed E-state index contributed by atoms with van der Waals surface area (Å²) in [6.07, 6.45) is 0. The highest BCUT2D eigenvalue weighted by molar-refractivity contribution is 9.10. The number of benzene rings is 1. The van der Waals surface area contributed by atoms with E-state index in [1.54, 1.807) is 11.9 Å². The summed E-state index contributed by atoms with van der Waals surface area (Å²) in [6, 6.07) is 5.82. The van der Waals surface area contributed by atoms with Gasteiger partial charge in [-0.05, 0) is 40.5 Å². The second-order valence-electron chi connectivity index (χ2n) is 3.11. The fraction of sp³-hybridized carbons (Fsp3) is 0.300. The molecule has 0 bridgehead atoms. The number of hydrogen-bond donors (Lipinski definition) is 1. The molecule has 0 heterocycles. The van der Waals surface area contributed by atoms with Crippen molar-refractivity contribution in [3.8, 4) is 0 Å². The topological polar surface area (TPSA) is 46.3 Å². The number of carbonyl (C=O) groups excluding carboxylic acids is 1. The average molecular weight is 257 g/mol. The van der Waals surface area contributed by atoms with Gasteiger partial charge in [0.15, 0.2) is 0 Å². The van der Waals surface area contributed by atoms with Gasteiger partial charge in [-0.15, -0.1) is 0 Å². The Morgan fingerprint density at radius 1 is 1.57 bits per heavy atom. The van der Waals surface area contributed by atoms with Gasteiger partial charge in [0, 0.05) is 11.5 Å². The Labute approximate surface area is 92.0 Å². The average Bonchev–Trinajstić information content (AvgIpc) is 2.15. The number of hydrogen-bond acceptors (Lipinski definition) is 2. The molecular formula is C10H13BrN2O. The molecule has 0 fully saturated rings. The lowest BCUT2D eigenvalue weighted by Gasteiger charge is -2.18. The molecule has 2 N–H and O–H groups in total. The number of amides is 1. The van der Waals surface area contributed by atoms with E-state index in [1.165, 1.54) is 0 Å². The largest absolute Gasteiger partial charge is 0.322 e. The van der Waals surface area contributed by atoms with Gasteiger partial charge >= 0.3 is 0 Å². The number of anilines is 1. The molecule has 0 saturated heterocycles. The van der Waals surface area contributed by atoms with Crippen molar-refractivity contribution in [2.75, 3.05) is 18.5 Å². The van der Waals surface area contributed by atoms with Crippen molar-refractivity contribution in [1.29, 1.82) is 0 Å². The number of halogens is 1. The lowest BCUT2D eigenvalue weighted by Crippen LogP contribution is -2.32. The zero-order chi connectivity index (χ0) is 10.7. The summed E-state index contributed by atoms with van der Waals surface area (Å²) in [4.78, 5) is 12.9. The smallest absolute Gasteiger partial charge is 0.240 e. The number of likely N-dealkylation sites (N-methyl/N-ethyl adjacent to an activating group) is 1. The quantitative estimate of drug-likeness (QED) is 0.876. The van der Waals surface area contributed by atoms with Crippen LogP contribution in [0, 0.1) is 6.92 Å². The molecule has 4 heteroatoms. The minimum Gasteiger partial charge on any atom is -0.322 e. The van der Waals surface area contributed by atoms with E-state index in [2.05, 4.69) is 15.9 Å². The monoisotopic (exact) mass is 256 g/mol. The first-order valence-electron chi connectivity index (χ1n) is 4.29. The summed E-state index contributed by atoms with van der Waals surface area (Å²) in [5.41, 5.74) is 7.27. The van der Waals surface area contributed by atoms with Crippen molar-refractivity contribution < 1.29 is 4.79 Å². The summed E-state index contributed by atoms with van der Waals surface area (Å²) in [5, 5.41) is 0. The van der Waals surface area contributed by atoms with Gasteiger partial charge in [-0.25, -0.2) is 0 Å². The molecule has 1 rings (SSSR count). The van der Waals surface area contributed by atoms with Crippen LogP contribution in [-0.2, 0) is 4.79 Å². The third-order valence-electron chi connectivity index (χ3n) is 2.01. The van der Waals surface area contributed by atoms with Gasteiger partial charge < -0.3 is 10.6 Å². The predicted molar refractivity (Wildman–Crippen MR) is 61.3 cm³/mol. The first-order chi connectivity index (χ1) is 6.56. The normalized spacial score (nSPS) is 10.0. The van der Waals surface area contributed by atoms with Crippen LogP contribution in [0.5, 0.6) is 0 Å². The van der Waals surface area contributed by atoms with Crippen LogP contribution < -0.4 is 10.6 Å². The number of nitrogens with zero attached hydrogens (tertiary/aromatic N) is 1. The second kappa shape index (κ2) is 4.57. The SMILES string of the molecule is Cc1ccc(N(C)C(=O)CN)c(Br)c1. The number of nitrogens with two attached hydrogens (primary N) is 1. The Hall–Kier alpha value is -0.870. The van der Waals surface area contributed by atoms with Crippen molar-refractivity contribution in [2.24, 2.45) is 5.73 Å². The summed E-state index contributed by atoms with van der Waals surface area (Å²) in [5.74, 6) is -0.102. The Morgan fingerprint density at radius 3 is 2.71 bits per heavy atom. The van der Waals surface area contributed by atoms with Crippen LogP contribution in [0.2, 0.25) is 0 Å². The Bertz CT molecular complexity index is 352. The maximum atomic E-state index is 11.3. The molecule has 0 unspecified atom stereocenters. The van der Waals surface area contributed by atoms with Gasteiger partial charge in [0.25, 0.3) is 0 Å². The molecule has 0 radical (unpaired) electrons. The fourth-order valence-corrected chi connectivity index (χ4v) is 1.91. The van der Waals surface area contributed by atoms with Crippen molar-refractivity contribution >= 4 is 27.5 Å². The highest BCUT2D eigenvalue weighted by atomic mass is 79.9. The van der Waals surface area contributed by atoms with Gasteiger partial charge in [0.1, 0.15) is 0 Å². The summed E-state index contributed by atoms with van der Waals surface area (Å²) < 4.78 is 0.904. The molecule has 0 spiro atoms. The van der Waals surface area contributed by atoms with E-state index in [0.717, 1.165) is 15.7 Å². The summed E-state index contributed by atoms with van der Waals surface area (Å²) >= 11 is 3.41. The third kappa shape index (κ3) is 2.33. The molecule has 1 aromatic carbocycles. The van der Waals surface area contributed by atoms with Crippen molar-refractivity contribution in [2.45, 2.75) is 6.92 Å². The number of rotatable bonds is 2. The molecule has 0 aliphatic rings. The predicted octanol–water partition coefficient (Wildman–Crippen LogP) is 1.68. The molecule has 1 aromatic rings. The third-order valence-corrected chi connectivity index (χ3v) is 2.65. The summed E-state index contributed by atoms with van der Waals surface area (Å²) in [6.45, 7) is 2.02. The second-order valence-corrected chi connectivity index (χ2v) is 3.97. The number of carbonyl (C=O) groups is 1. The molecule has 14 heavy (non-hydrogen) atoms. The zero-order valence-electron chi connectivity index (χ0n) is 8.25. The Balaban J connectivity index is 3.01. The molecule has 3 nitrogen and oxygen atoms in total. The van der Waals surface area contributed by atoms with E-state index in [9.17, 15) is 4.79 Å². The van der Waals surface area contributed by atoms with E-state index in [1.807, 2.05) is 25.1 Å². The van der Waals surface area contributed by atoms with Crippen molar-refractivity contribution in [3.05, 3.63) is 28.2 Å². The van der Waals surface area contributed by atoms with E-state index < -0.39 is 0 Å². The molecule has 0 saturated carbocycles. The maximum absolute atomic E-state index is 11.3. The summed E-state index contributed by atoms with van der Waals surface area (Å²) in [7, 11) is 1.71. The van der Waals surface area contributed by atoms with E-state index >= 15 is 0 Å². The van der Waals surface area contributed by atoms with E-state index in [4.69, 9.17) is 5.73 Å². The van der Waals surface area contributed by atoms with E-state index in [0.29, 0.717) is 0 Å². The number of aryl methyl sites for hydroxylation is 1. The van der Waals surface area contributed by atoms with Crippen LogP contribution >= 0.6 is 15.9 Å². The molecule has 0 aliphatic heterocycles. The Kier molecular flexibility index (Phi) is 3.66. The van der Waals surface area contributed by atoms with Gasteiger partial charge in [-0.3, -0.25) is 4.79 Å². The van der Waals surface area contributed by atoms with Crippen molar-refractivity contribution in [1.82, 2.24) is 0 Å². The maximum Gasteiger partial charge on any atom is 0.240 e. The molecule has 0 aliphatic carbocycles. The van der Waals surface area contributed by atoms with E-state index in [-0.39, 0.29) is 12.5 Å². The van der Waals surface area contributed by atoms with Crippen molar-refractivity contribution in [3.63, 3.8) is 0 Å². The lowest BCUT2D eigenvalue weighted by atomic mass is 10.2. The minimum atomic E-state index is -0.102. The molecule has 1 amide bonds. The van der Waals surface area contributed by atoms with Gasteiger partial charge in [0.05, 0.1) is 12.2 Å². The van der Waals surface area contributed by atoms with Gasteiger partial charge in [-0.2, -0.15) is 0 Å². The lowest BCUT2D eigenvalue weighted by molar-refractivity contribution is -0.117. The fourth-order valence-electron chi connectivity index (χ4n) is 1.16. The molecule has 0 atom stereocenters. The van der Waals surface area contributed by atoms with Crippen LogP contribution in [-0.4, -0.2) is 19.5 Å². The zero-order valence-corrected chi connectivity index (χ0v) is 9.84. The highest BCUT2D eigenvalue weighted by Gasteiger charge is 2.11.